The van der Waals surface area contributed by atoms with E-state index in [-0.39, 0.29) is 11.3 Å². The molecule has 100 valence electrons. The average Bonchev–Trinajstić information content (AvgIpc) is 2.68. The molecule has 1 aromatic rings. The summed E-state index contributed by atoms with van der Waals surface area (Å²) in [5, 5.41) is 3.55. The highest BCUT2D eigenvalue weighted by molar-refractivity contribution is 7.15. The fourth-order valence-electron chi connectivity index (χ4n) is 1.98. The van der Waals surface area contributed by atoms with E-state index in [0.717, 1.165) is 18.5 Å². The normalized spacial score (nSPS) is 17.1. The van der Waals surface area contributed by atoms with Crippen LogP contribution in [0.2, 0.25) is 0 Å². The van der Waals surface area contributed by atoms with Crippen LogP contribution in [-0.4, -0.2) is 16.9 Å². The predicted molar refractivity (Wildman–Crippen MR) is 74.8 cm³/mol. The highest BCUT2D eigenvalue weighted by Crippen LogP contribution is 2.30. The maximum absolute atomic E-state index is 12.0. The van der Waals surface area contributed by atoms with Gasteiger partial charge in [0, 0.05) is 4.88 Å². The number of nitrogens with zero attached hydrogens (tertiary/aromatic N) is 1. The molecule has 0 fully saturated rings. The SMILES string of the molecule is CC(C)(C)C(N)C(=O)Nc1nc2c(s1)CCCC2. The molecule has 1 aliphatic carbocycles. The van der Waals surface area contributed by atoms with E-state index in [2.05, 4.69) is 10.3 Å². The van der Waals surface area contributed by atoms with Gasteiger partial charge in [0.05, 0.1) is 11.7 Å². The number of hydrogen-bond acceptors (Lipinski definition) is 4. The number of nitrogens with two attached hydrogens (primary N) is 1. The maximum Gasteiger partial charge on any atom is 0.243 e. The van der Waals surface area contributed by atoms with Crippen molar-refractivity contribution in [2.45, 2.75) is 52.5 Å². The number of nitrogens with one attached hydrogen (secondary N) is 1. The lowest BCUT2D eigenvalue weighted by molar-refractivity contribution is -0.119. The third kappa shape index (κ3) is 2.90. The molecule has 18 heavy (non-hydrogen) atoms. The number of carbonyl (C=O) groups excluding carboxylic acids is 1. The molecule has 0 radical (unpaired) electrons. The van der Waals surface area contributed by atoms with Crippen molar-refractivity contribution in [3.8, 4) is 0 Å². The maximum atomic E-state index is 12.0. The Morgan fingerprint density at radius 1 is 1.39 bits per heavy atom. The summed E-state index contributed by atoms with van der Waals surface area (Å²) in [6.07, 6.45) is 4.55. The molecule has 1 heterocycles. The zero-order valence-corrected chi connectivity index (χ0v) is 12.1. The second kappa shape index (κ2) is 4.97. The van der Waals surface area contributed by atoms with Crippen LogP contribution < -0.4 is 11.1 Å². The molecule has 5 heteroatoms. The smallest absolute Gasteiger partial charge is 0.243 e. The number of fused-ring (bicyclic) bond motifs is 1. The minimum Gasteiger partial charge on any atom is -0.319 e. The third-order valence-corrected chi connectivity index (χ3v) is 4.36. The highest BCUT2D eigenvalue weighted by atomic mass is 32.1. The second-order valence-corrected chi connectivity index (χ2v) is 7.01. The summed E-state index contributed by atoms with van der Waals surface area (Å²) < 4.78 is 0. The van der Waals surface area contributed by atoms with Crippen LogP contribution in [0.25, 0.3) is 0 Å². The van der Waals surface area contributed by atoms with Gasteiger partial charge in [-0.25, -0.2) is 4.98 Å². The first kappa shape index (κ1) is 13.5. The van der Waals surface area contributed by atoms with Crippen LogP contribution in [0.1, 0.15) is 44.2 Å². The summed E-state index contributed by atoms with van der Waals surface area (Å²) >= 11 is 1.59. The molecule has 2 rings (SSSR count). The zero-order valence-electron chi connectivity index (χ0n) is 11.2. The first-order valence-corrected chi connectivity index (χ1v) is 7.24. The van der Waals surface area contributed by atoms with Gasteiger partial charge in [-0.3, -0.25) is 4.79 Å². The number of rotatable bonds is 2. The van der Waals surface area contributed by atoms with Crippen LogP contribution in [0.15, 0.2) is 0 Å². The van der Waals surface area contributed by atoms with E-state index in [9.17, 15) is 4.79 Å². The Hall–Kier alpha value is -0.940. The molecular weight excluding hydrogens is 246 g/mol. The summed E-state index contributed by atoms with van der Waals surface area (Å²) in [5.41, 5.74) is 6.85. The molecule has 0 bridgehead atoms. The van der Waals surface area contributed by atoms with Gasteiger partial charge in [0.1, 0.15) is 0 Å². The van der Waals surface area contributed by atoms with Crippen molar-refractivity contribution >= 4 is 22.4 Å². The summed E-state index contributed by atoms with van der Waals surface area (Å²) in [7, 11) is 0. The van der Waals surface area contributed by atoms with E-state index >= 15 is 0 Å². The number of amides is 1. The van der Waals surface area contributed by atoms with Gasteiger partial charge >= 0.3 is 0 Å². The summed E-state index contributed by atoms with van der Waals surface area (Å²) in [4.78, 5) is 17.8. The molecule has 1 amide bonds. The molecular formula is C13H21N3OS. The molecule has 0 aliphatic heterocycles. The van der Waals surface area contributed by atoms with Gasteiger partial charge < -0.3 is 11.1 Å². The first-order chi connectivity index (χ1) is 8.38. The Kier molecular flexibility index (Phi) is 3.73. The molecule has 0 saturated carbocycles. The minimum absolute atomic E-state index is 0.145. The second-order valence-electron chi connectivity index (χ2n) is 5.93. The van der Waals surface area contributed by atoms with Crippen LogP contribution >= 0.6 is 11.3 Å². The van der Waals surface area contributed by atoms with Crippen LogP contribution in [0.5, 0.6) is 0 Å². The van der Waals surface area contributed by atoms with Gasteiger partial charge in [-0.1, -0.05) is 20.8 Å². The number of carbonyl (C=O) groups is 1. The summed E-state index contributed by atoms with van der Waals surface area (Å²) in [6.45, 7) is 5.89. The average molecular weight is 267 g/mol. The van der Waals surface area contributed by atoms with Crippen LogP contribution in [0, 0.1) is 5.41 Å². The van der Waals surface area contributed by atoms with Crippen molar-refractivity contribution in [1.82, 2.24) is 4.98 Å². The molecule has 0 spiro atoms. The number of hydrogen-bond donors (Lipinski definition) is 2. The summed E-state index contributed by atoms with van der Waals surface area (Å²) in [5.74, 6) is -0.145. The van der Waals surface area contributed by atoms with Gasteiger partial charge in [0.15, 0.2) is 5.13 Å². The van der Waals surface area contributed by atoms with E-state index in [1.165, 1.54) is 17.7 Å². The molecule has 1 aromatic heterocycles. The minimum atomic E-state index is -0.515. The van der Waals surface area contributed by atoms with Gasteiger partial charge in [0.2, 0.25) is 5.91 Å². The fraction of sp³-hybridized carbons (Fsp3) is 0.692. The van der Waals surface area contributed by atoms with Gasteiger partial charge in [0.25, 0.3) is 0 Å². The van der Waals surface area contributed by atoms with E-state index in [0.29, 0.717) is 5.13 Å². The quantitative estimate of drug-likeness (QED) is 0.864. The monoisotopic (exact) mass is 267 g/mol. The van der Waals surface area contributed by atoms with Gasteiger partial charge in [-0.05, 0) is 31.1 Å². The highest BCUT2D eigenvalue weighted by Gasteiger charge is 2.28. The molecule has 1 unspecified atom stereocenters. The van der Waals surface area contributed by atoms with E-state index < -0.39 is 6.04 Å². The van der Waals surface area contributed by atoms with E-state index in [4.69, 9.17) is 5.73 Å². The predicted octanol–water partition coefficient (Wildman–Crippen LogP) is 2.33. The Labute approximate surface area is 112 Å². The van der Waals surface area contributed by atoms with Crippen molar-refractivity contribution in [2.24, 2.45) is 11.1 Å². The van der Waals surface area contributed by atoms with Crippen molar-refractivity contribution in [2.75, 3.05) is 5.32 Å². The lowest BCUT2D eigenvalue weighted by atomic mass is 9.87. The molecule has 1 aliphatic rings. The van der Waals surface area contributed by atoms with Gasteiger partial charge in [-0.15, -0.1) is 11.3 Å². The Bertz CT molecular complexity index is 424. The molecule has 1 atom stereocenters. The van der Waals surface area contributed by atoms with Crippen molar-refractivity contribution in [3.05, 3.63) is 10.6 Å². The third-order valence-electron chi connectivity index (χ3n) is 3.29. The fourth-order valence-corrected chi connectivity index (χ4v) is 3.03. The Morgan fingerprint density at radius 2 is 2.06 bits per heavy atom. The van der Waals surface area contributed by atoms with Crippen molar-refractivity contribution in [3.63, 3.8) is 0 Å². The molecule has 4 nitrogen and oxygen atoms in total. The Balaban J connectivity index is 2.05. The topological polar surface area (TPSA) is 68.0 Å². The number of aromatic nitrogens is 1. The Morgan fingerprint density at radius 3 is 2.67 bits per heavy atom. The zero-order chi connectivity index (χ0) is 13.3. The van der Waals surface area contributed by atoms with E-state index in [1.807, 2.05) is 20.8 Å². The molecule has 0 saturated heterocycles. The standard InChI is InChI=1S/C13H21N3OS/c1-13(2,3)10(14)11(17)16-12-15-8-6-4-5-7-9(8)18-12/h10H,4-7,14H2,1-3H3,(H,15,16,17). The number of aryl methyl sites for hydroxylation is 2. The summed E-state index contributed by atoms with van der Waals surface area (Å²) in [6, 6.07) is -0.515. The molecule has 0 aromatic carbocycles. The number of anilines is 1. The lowest BCUT2D eigenvalue weighted by Crippen LogP contribution is -2.45. The van der Waals surface area contributed by atoms with Crippen molar-refractivity contribution in [1.29, 1.82) is 0 Å². The van der Waals surface area contributed by atoms with Crippen LogP contribution in [0.4, 0.5) is 5.13 Å². The number of thiazole rings is 1. The largest absolute Gasteiger partial charge is 0.319 e. The van der Waals surface area contributed by atoms with Crippen molar-refractivity contribution < 1.29 is 4.79 Å². The van der Waals surface area contributed by atoms with Gasteiger partial charge in [-0.2, -0.15) is 0 Å². The first-order valence-electron chi connectivity index (χ1n) is 6.43. The van der Waals surface area contributed by atoms with Crippen LogP contribution in [-0.2, 0) is 17.6 Å². The molecule has 3 N–H and O–H groups in total. The lowest BCUT2D eigenvalue weighted by Gasteiger charge is -2.25. The van der Waals surface area contributed by atoms with E-state index in [1.54, 1.807) is 11.3 Å². The van der Waals surface area contributed by atoms with Crippen LogP contribution in [0.3, 0.4) is 0 Å².